The Morgan fingerprint density at radius 1 is 1.23 bits per heavy atom. The van der Waals surface area contributed by atoms with Crippen molar-refractivity contribution < 1.29 is 17.9 Å². The minimum absolute atomic E-state index is 0.0496. The molecule has 1 amide bonds. The molecule has 8 heteroatoms. The van der Waals surface area contributed by atoms with Gasteiger partial charge in [0.25, 0.3) is 0 Å². The number of benzene rings is 1. The van der Waals surface area contributed by atoms with Crippen molar-refractivity contribution in [2.45, 2.75) is 51.3 Å². The van der Waals surface area contributed by atoms with Gasteiger partial charge in [0.2, 0.25) is 15.9 Å². The second-order valence-corrected chi connectivity index (χ2v) is 9.04. The van der Waals surface area contributed by atoms with E-state index in [2.05, 4.69) is 10.0 Å². The summed E-state index contributed by atoms with van der Waals surface area (Å²) in [6.45, 7) is 5.05. The molecule has 1 aromatic rings. The summed E-state index contributed by atoms with van der Waals surface area (Å²) in [5.41, 5.74) is 0.422. The lowest BCUT2D eigenvalue weighted by Gasteiger charge is -2.24. The maximum atomic E-state index is 12.5. The summed E-state index contributed by atoms with van der Waals surface area (Å²) >= 11 is 0. The minimum atomic E-state index is -3.75. The summed E-state index contributed by atoms with van der Waals surface area (Å²) in [4.78, 5) is 14.1. The van der Waals surface area contributed by atoms with Crippen LogP contribution in [0.25, 0.3) is 0 Å². The van der Waals surface area contributed by atoms with E-state index in [4.69, 9.17) is 4.74 Å². The summed E-state index contributed by atoms with van der Waals surface area (Å²) in [6.07, 6.45) is 3.12. The van der Waals surface area contributed by atoms with Crippen LogP contribution in [0.4, 0.5) is 5.69 Å². The molecule has 144 valence electrons. The van der Waals surface area contributed by atoms with Crippen LogP contribution in [0.2, 0.25) is 0 Å². The van der Waals surface area contributed by atoms with Gasteiger partial charge < -0.3 is 15.0 Å². The number of amides is 1. The first-order valence-electron chi connectivity index (χ1n) is 9.12. The predicted octanol–water partition coefficient (Wildman–Crippen LogP) is 1.57. The maximum absolute atomic E-state index is 12.5. The Bertz CT molecular complexity index is 733. The number of nitrogens with zero attached hydrogens (tertiary/aromatic N) is 1. The molecule has 2 aliphatic rings. The monoisotopic (exact) mass is 381 g/mol. The molecule has 2 atom stereocenters. The summed E-state index contributed by atoms with van der Waals surface area (Å²) in [5.74, 6) is -0.202. The number of ether oxygens (including phenoxy) is 1. The van der Waals surface area contributed by atoms with Crippen LogP contribution in [0.5, 0.6) is 5.75 Å². The number of carbonyl (C=O) groups is 1. The van der Waals surface area contributed by atoms with Gasteiger partial charge in [0.05, 0.1) is 6.10 Å². The lowest BCUT2D eigenvalue weighted by atomic mass is 10.1. The van der Waals surface area contributed by atoms with Crippen LogP contribution >= 0.6 is 0 Å². The number of hydrogen-bond donors (Lipinski definition) is 2. The molecule has 0 spiro atoms. The van der Waals surface area contributed by atoms with Crippen molar-refractivity contribution in [2.75, 3.05) is 23.6 Å². The van der Waals surface area contributed by atoms with Crippen molar-refractivity contribution in [2.24, 2.45) is 0 Å². The van der Waals surface area contributed by atoms with Gasteiger partial charge in [0, 0.05) is 30.9 Å². The number of rotatable bonds is 6. The second kappa shape index (κ2) is 7.84. The standard InChI is InChI=1S/C18H27N3O4S/c1-13(2)25-17-7-5-15(6-8-17)20-26(23,24)12-18(22)21-10-9-14-3-4-16(11-21)19-14/h5-8,13-14,16,19-20H,3-4,9-12H2,1-2H3. The Kier molecular flexibility index (Phi) is 5.72. The molecule has 0 aliphatic carbocycles. The SMILES string of the molecule is CC(C)Oc1ccc(NS(=O)(=O)CC(=O)N2CCC3CCC(C2)N3)cc1. The van der Waals surface area contributed by atoms with Gasteiger partial charge in [0.15, 0.2) is 0 Å². The molecule has 0 aromatic heterocycles. The van der Waals surface area contributed by atoms with Crippen LogP contribution in [0, 0.1) is 0 Å². The van der Waals surface area contributed by atoms with E-state index in [9.17, 15) is 13.2 Å². The number of nitrogens with one attached hydrogen (secondary N) is 2. The number of hydrogen-bond acceptors (Lipinski definition) is 5. The molecule has 2 N–H and O–H groups in total. The topological polar surface area (TPSA) is 87.7 Å². The normalized spacial score (nSPS) is 23.0. The van der Waals surface area contributed by atoms with E-state index in [-0.39, 0.29) is 18.1 Å². The predicted molar refractivity (Wildman–Crippen MR) is 101 cm³/mol. The average Bonchev–Trinajstić information content (AvgIpc) is 2.86. The Morgan fingerprint density at radius 3 is 2.62 bits per heavy atom. The van der Waals surface area contributed by atoms with Crippen LogP contribution in [0.15, 0.2) is 24.3 Å². The van der Waals surface area contributed by atoms with E-state index < -0.39 is 15.8 Å². The van der Waals surface area contributed by atoms with Crippen LogP contribution in [-0.2, 0) is 14.8 Å². The molecular formula is C18H27N3O4S. The minimum Gasteiger partial charge on any atom is -0.491 e. The molecule has 26 heavy (non-hydrogen) atoms. The van der Waals surface area contributed by atoms with E-state index >= 15 is 0 Å². The van der Waals surface area contributed by atoms with E-state index in [1.54, 1.807) is 29.2 Å². The molecular weight excluding hydrogens is 354 g/mol. The molecule has 2 aliphatic heterocycles. The highest BCUT2D eigenvalue weighted by Gasteiger charge is 2.32. The van der Waals surface area contributed by atoms with Gasteiger partial charge in [0.1, 0.15) is 11.5 Å². The van der Waals surface area contributed by atoms with Crippen LogP contribution in [-0.4, -0.2) is 56.3 Å². The van der Waals surface area contributed by atoms with E-state index in [0.29, 0.717) is 30.6 Å². The molecule has 0 radical (unpaired) electrons. The first kappa shape index (κ1) is 19.0. The van der Waals surface area contributed by atoms with Crippen molar-refractivity contribution in [1.29, 1.82) is 0 Å². The summed E-state index contributed by atoms with van der Waals surface area (Å²) in [7, 11) is -3.75. The second-order valence-electron chi connectivity index (χ2n) is 7.32. The number of sulfonamides is 1. The van der Waals surface area contributed by atoms with Gasteiger partial charge in [-0.3, -0.25) is 9.52 Å². The molecule has 2 saturated heterocycles. The number of anilines is 1. The fourth-order valence-corrected chi connectivity index (χ4v) is 4.59. The van der Waals surface area contributed by atoms with Crippen LogP contribution in [0.1, 0.15) is 33.1 Å². The maximum Gasteiger partial charge on any atom is 0.241 e. The molecule has 2 bridgehead atoms. The zero-order valence-electron chi connectivity index (χ0n) is 15.3. The third-order valence-electron chi connectivity index (χ3n) is 4.69. The largest absolute Gasteiger partial charge is 0.491 e. The van der Waals surface area contributed by atoms with Gasteiger partial charge >= 0.3 is 0 Å². The zero-order chi connectivity index (χ0) is 18.7. The van der Waals surface area contributed by atoms with Gasteiger partial charge in [-0.25, -0.2) is 8.42 Å². The molecule has 2 fully saturated rings. The van der Waals surface area contributed by atoms with Gasteiger partial charge in [-0.05, 0) is 57.4 Å². The Balaban J connectivity index is 1.57. The van der Waals surface area contributed by atoms with Crippen molar-refractivity contribution in [3.63, 3.8) is 0 Å². The molecule has 3 rings (SSSR count). The average molecular weight is 381 g/mol. The number of fused-ring (bicyclic) bond motifs is 2. The zero-order valence-corrected chi connectivity index (χ0v) is 16.1. The molecule has 0 saturated carbocycles. The Labute approximate surface area is 155 Å². The third-order valence-corrected chi connectivity index (χ3v) is 5.86. The van der Waals surface area contributed by atoms with E-state index in [1.807, 2.05) is 13.8 Å². The fraction of sp³-hybridized carbons (Fsp3) is 0.611. The van der Waals surface area contributed by atoms with Crippen molar-refractivity contribution in [1.82, 2.24) is 10.2 Å². The molecule has 7 nitrogen and oxygen atoms in total. The fourth-order valence-electron chi connectivity index (χ4n) is 3.51. The Morgan fingerprint density at radius 2 is 1.92 bits per heavy atom. The van der Waals surface area contributed by atoms with Crippen molar-refractivity contribution >= 4 is 21.6 Å². The smallest absolute Gasteiger partial charge is 0.241 e. The lowest BCUT2D eigenvalue weighted by molar-refractivity contribution is -0.128. The lowest BCUT2D eigenvalue weighted by Crippen LogP contribution is -2.42. The highest BCUT2D eigenvalue weighted by atomic mass is 32.2. The van der Waals surface area contributed by atoms with Gasteiger partial charge in [-0.1, -0.05) is 0 Å². The summed E-state index contributed by atoms with van der Waals surface area (Å²) < 4.78 is 32.7. The summed E-state index contributed by atoms with van der Waals surface area (Å²) in [6, 6.07) is 7.42. The van der Waals surface area contributed by atoms with Crippen molar-refractivity contribution in [3.8, 4) is 5.75 Å². The van der Waals surface area contributed by atoms with Gasteiger partial charge in [-0.2, -0.15) is 0 Å². The number of likely N-dealkylation sites (tertiary alicyclic amines) is 1. The number of carbonyl (C=O) groups excluding carboxylic acids is 1. The summed E-state index contributed by atoms with van der Waals surface area (Å²) in [5, 5.41) is 3.49. The van der Waals surface area contributed by atoms with Crippen LogP contribution in [0.3, 0.4) is 0 Å². The molecule has 2 heterocycles. The van der Waals surface area contributed by atoms with E-state index in [1.165, 1.54) is 0 Å². The van der Waals surface area contributed by atoms with Crippen molar-refractivity contribution in [3.05, 3.63) is 24.3 Å². The molecule has 2 unspecified atom stereocenters. The van der Waals surface area contributed by atoms with Gasteiger partial charge in [-0.15, -0.1) is 0 Å². The first-order valence-corrected chi connectivity index (χ1v) is 10.8. The third kappa shape index (κ3) is 5.11. The highest BCUT2D eigenvalue weighted by Crippen LogP contribution is 2.21. The molecule has 1 aromatic carbocycles. The highest BCUT2D eigenvalue weighted by molar-refractivity contribution is 7.93. The van der Waals surface area contributed by atoms with Crippen LogP contribution < -0.4 is 14.8 Å². The first-order chi connectivity index (χ1) is 12.3. The Hall–Kier alpha value is -1.80. The van der Waals surface area contributed by atoms with E-state index in [0.717, 1.165) is 19.3 Å². The quantitative estimate of drug-likeness (QED) is 0.781.